The van der Waals surface area contributed by atoms with Gasteiger partial charge in [-0.15, -0.1) is 0 Å². The fourth-order valence-electron chi connectivity index (χ4n) is 5.11. The van der Waals surface area contributed by atoms with E-state index in [1.165, 1.54) is 11.1 Å². The molecule has 1 aliphatic carbocycles. The van der Waals surface area contributed by atoms with E-state index >= 15 is 0 Å². The summed E-state index contributed by atoms with van der Waals surface area (Å²) in [6, 6.07) is 9.04. The quantitative estimate of drug-likeness (QED) is 0.667. The topological polar surface area (TPSA) is 61.4 Å². The molecule has 1 aromatic heterocycles. The van der Waals surface area contributed by atoms with Crippen LogP contribution in [0.15, 0.2) is 24.3 Å². The van der Waals surface area contributed by atoms with Crippen LogP contribution in [0.25, 0.3) is 0 Å². The number of hydrogen-bond donors (Lipinski definition) is 1. The van der Waals surface area contributed by atoms with Crippen LogP contribution < -0.4 is 10.2 Å². The molecule has 2 heterocycles. The minimum Gasteiger partial charge on any atom is -0.356 e. The maximum atomic E-state index is 13.4. The van der Waals surface area contributed by atoms with Crippen molar-refractivity contribution >= 4 is 11.7 Å². The number of hydrogen-bond acceptors (Lipinski definition) is 5. The van der Waals surface area contributed by atoms with E-state index in [4.69, 9.17) is 4.98 Å². The largest absolute Gasteiger partial charge is 0.356 e. The Labute approximate surface area is 198 Å². The van der Waals surface area contributed by atoms with Gasteiger partial charge in [0.05, 0.1) is 0 Å². The van der Waals surface area contributed by atoms with Gasteiger partial charge in [-0.2, -0.15) is 0 Å². The minimum absolute atomic E-state index is 0.136. The summed E-state index contributed by atoms with van der Waals surface area (Å²) in [6.07, 6.45) is 5.25. The first-order valence-corrected chi connectivity index (χ1v) is 12.6. The van der Waals surface area contributed by atoms with Gasteiger partial charge >= 0.3 is 0 Å². The van der Waals surface area contributed by atoms with Crippen molar-refractivity contribution in [3.8, 4) is 0 Å². The molecule has 1 N–H and O–H groups in total. The summed E-state index contributed by atoms with van der Waals surface area (Å²) in [5.41, 5.74) is 4.54. The smallest absolute Gasteiger partial charge is 0.253 e. The van der Waals surface area contributed by atoms with Gasteiger partial charge in [-0.25, -0.2) is 9.97 Å². The number of aromatic nitrogens is 2. The third-order valence-corrected chi connectivity index (χ3v) is 7.14. The number of carbonyl (C=O) groups is 1. The highest BCUT2D eigenvalue weighted by Gasteiger charge is 2.29. The molecule has 1 unspecified atom stereocenters. The first-order chi connectivity index (χ1) is 15.9. The molecule has 33 heavy (non-hydrogen) atoms. The number of aryl methyl sites for hydroxylation is 2. The van der Waals surface area contributed by atoms with Crippen molar-refractivity contribution in [3.63, 3.8) is 0 Å². The Morgan fingerprint density at radius 3 is 2.64 bits per heavy atom. The van der Waals surface area contributed by atoms with Crippen molar-refractivity contribution in [1.82, 2.24) is 20.2 Å². The zero-order chi connectivity index (χ0) is 23.5. The van der Waals surface area contributed by atoms with Gasteiger partial charge in [-0.05, 0) is 68.8 Å². The molecule has 0 radical (unpaired) electrons. The number of fused-ring (bicyclic) bond motifs is 1. The molecule has 4 rings (SSSR count). The number of amides is 1. The lowest BCUT2D eigenvalue weighted by Gasteiger charge is -2.37. The number of anilines is 1. The van der Waals surface area contributed by atoms with Crippen molar-refractivity contribution in [2.75, 3.05) is 31.6 Å². The highest BCUT2D eigenvalue weighted by Crippen LogP contribution is 2.32. The van der Waals surface area contributed by atoms with E-state index in [0.717, 1.165) is 74.6 Å². The van der Waals surface area contributed by atoms with E-state index in [1.54, 1.807) is 0 Å². The molecule has 1 saturated heterocycles. The second-order valence-electron chi connectivity index (χ2n) is 9.97. The number of benzene rings is 1. The fourth-order valence-corrected chi connectivity index (χ4v) is 5.11. The van der Waals surface area contributed by atoms with E-state index in [-0.39, 0.29) is 11.9 Å². The van der Waals surface area contributed by atoms with Crippen molar-refractivity contribution in [2.24, 2.45) is 0 Å². The van der Waals surface area contributed by atoms with Gasteiger partial charge < -0.3 is 15.1 Å². The van der Waals surface area contributed by atoms with Crippen molar-refractivity contribution in [3.05, 3.63) is 52.5 Å². The summed E-state index contributed by atoms with van der Waals surface area (Å²) < 4.78 is 0. The second kappa shape index (κ2) is 10.2. The van der Waals surface area contributed by atoms with Gasteiger partial charge in [0.1, 0.15) is 11.6 Å². The van der Waals surface area contributed by atoms with Gasteiger partial charge in [0, 0.05) is 55.5 Å². The lowest BCUT2D eigenvalue weighted by molar-refractivity contribution is 0.0709. The highest BCUT2D eigenvalue weighted by atomic mass is 16.2. The van der Waals surface area contributed by atoms with Gasteiger partial charge in [0.2, 0.25) is 0 Å². The fraction of sp³-hybridized carbons (Fsp3) is 0.593. The molecule has 1 aliphatic heterocycles. The lowest BCUT2D eigenvalue weighted by atomic mass is 10.0. The van der Waals surface area contributed by atoms with E-state index in [1.807, 2.05) is 24.9 Å². The molecule has 1 aromatic carbocycles. The predicted octanol–water partition coefficient (Wildman–Crippen LogP) is 4.64. The Kier molecular flexibility index (Phi) is 7.32. The Morgan fingerprint density at radius 1 is 1.18 bits per heavy atom. The normalized spacial score (nSPS) is 18.6. The average Bonchev–Trinajstić information content (AvgIpc) is 3.23. The molecular weight excluding hydrogens is 410 g/mol. The first-order valence-electron chi connectivity index (χ1n) is 12.6. The van der Waals surface area contributed by atoms with Gasteiger partial charge in [-0.1, -0.05) is 26.8 Å². The summed E-state index contributed by atoms with van der Waals surface area (Å²) in [6.45, 7) is 11.3. The molecule has 1 atom stereocenters. The first kappa shape index (κ1) is 23.7. The van der Waals surface area contributed by atoms with Gasteiger partial charge in [0.15, 0.2) is 0 Å². The van der Waals surface area contributed by atoms with Crippen LogP contribution in [-0.2, 0) is 6.42 Å². The zero-order valence-electron chi connectivity index (χ0n) is 20.9. The Bertz CT molecular complexity index is 980. The standard InChI is InChI=1S/C27H39N5O/c1-6-13-28-24-10-9-20-7-8-21(17-23(20)24)27(33)31(5)22-11-14-32(15-12-22)25-16-19(4)29-26(30-25)18(2)3/h7-8,16-18,22,24,28H,6,9-15H2,1-5H3. The molecule has 1 amide bonds. The van der Waals surface area contributed by atoms with Crippen LogP contribution in [0.1, 0.15) is 91.4 Å². The summed E-state index contributed by atoms with van der Waals surface area (Å²) in [5, 5.41) is 3.64. The SMILES string of the molecule is CCCNC1CCc2ccc(C(=O)N(C)C3CCN(c4cc(C)nc(C(C)C)n4)CC3)cc21. The second-order valence-corrected chi connectivity index (χ2v) is 9.97. The van der Waals surface area contributed by atoms with Crippen molar-refractivity contribution in [2.45, 2.75) is 77.8 Å². The van der Waals surface area contributed by atoms with E-state index in [0.29, 0.717) is 12.0 Å². The number of piperidine rings is 1. The average molecular weight is 450 g/mol. The van der Waals surface area contributed by atoms with Gasteiger partial charge in [-0.3, -0.25) is 4.79 Å². The molecule has 1 fully saturated rings. The maximum absolute atomic E-state index is 13.4. The molecule has 6 nitrogen and oxygen atoms in total. The summed E-state index contributed by atoms with van der Waals surface area (Å²) in [7, 11) is 1.97. The number of rotatable bonds is 7. The van der Waals surface area contributed by atoms with Crippen LogP contribution in [0.2, 0.25) is 0 Å². The number of nitrogens with one attached hydrogen (secondary N) is 1. The molecule has 2 aromatic rings. The molecular formula is C27H39N5O. The predicted molar refractivity (Wildman–Crippen MR) is 134 cm³/mol. The Hall–Kier alpha value is -2.47. The van der Waals surface area contributed by atoms with Crippen molar-refractivity contribution < 1.29 is 4.79 Å². The summed E-state index contributed by atoms with van der Waals surface area (Å²) in [5.74, 6) is 2.37. The third kappa shape index (κ3) is 5.21. The van der Waals surface area contributed by atoms with Crippen LogP contribution in [0, 0.1) is 6.92 Å². The number of carbonyl (C=O) groups excluding carboxylic acids is 1. The monoisotopic (exact) mass is 449 g/mol. The Morgan fingerprint density at radius 2 is 1.94 bits per heavy atom. The molecule has 6 heteroatoms. The molecule has 0 spiro atoms. The van der Waals surface area contributed by atoms with Crippen LogP contribution in [0.5, 0.6) is 0 Å². The summed E-state index contributed by atoms with van der Waals surface area (Å²) in [4.78, 5) is 27.0. The van der Waals surface area contributed by atoms with E-state index in [2.05, 4.69) is 54.2 Å². The zero-order valence-corrected chi connectivity index (χ0v) is 20.9. The molecule has 0 bridgehead atoms. The highest BCUT2D eigenvalue weighted by molar-refractivity contribution is 5.94. The molecule has 2 aliphatic rings. The number of nitrogens with zero attached hydrogens (tertiary/aromatic N) is 4. The maximum Gasteiger partial charge on any atom is 0.253 e. The minimum atomic E-state index is 0.136. The van der Waals surface area contributed by atoms with Crippen LogP contribution in [-0.4, -0.2) is 53.5 Å². The van der Waals surface area contributed by atoms with Gasteiger partial charge in [0.25, 0.3) is 5.91 Å². The van der Waals surface area contributed by atoms with Crippen LogP contribution in [0.4, 0.5) is 5.82 Å². The summed E-state index contributed by atoms with van der Waals surface area (Å²) >= 11 is 0. The van der Waals surface area contributed by atoms with E-state index < -0.39 is 0 Å². The third-order valence-electron chi connectivity index (χ3n) is 7.14. The van der Waals surface area contributed by atoms with E-state index in [9.17, 15) is 4.79 Å². The van der Waals surface area contributed by atoms with Crippen LogP contribution >= 0.6 is 0 Å². The molecule has 178 valence electrons. The van der Waals surface area contributed by atoms with Crippen molar-refractivity contribution in [1.29, 1.82) is 0 Å². The lowest BCUT2D eigenvalue weighted by Crippen LogP contribution is -2.46. The molecule has 0 saturated carbocycles. The Balaban J connectivity index is 1.40. The van der Waals surface area contributed by atoms with Crippen LogP contribution in [0.3, 0.4) is 0 Å².